The van der Waals surface area contributed by atoms with Gasteiger partial charge < -0.3 is 9.80 Å². The van der Waals surface area contributed by atoms with Gasteiger partial charge in [-0.25, -0.2) is 0 Å². The van der Waals surface area contributed by atoms with E-state index in [9.17, 15) is 0 Å². The third kappa shape index (κ3) is 5.48. The molecule has 0 saturated carbocycles. The van der Waals surface area contributed by atoms with Gasteiger partial charge in [0.25, 0.3) is 0 Å². The normalized spacial score (nSPS) is 12.8. The second-order valence-electron chi connectivity index (χ2n) is 14.1. The molecular weight excluding hydrogens is 681 g/mol. The number of benzene rings is 9. The highest BCUT2D eigenvalue weighted by molar-refractivity contribution is 7.21. The van der Waals surface area contributed by atoms with Crippen molar-refractivity contribution in [2.45, 2.75) is 0 Å². The number of para-hydroxylation sites is 2. The predicted molar refractivity (Wildman–Crippen MR) is 236 cm³/mol. The highest BCUT2D eigenvalue weighted by Gasteiger charge is 2.49. The molecule has 55 heavy (non-hydrogen) atoms. The van der Waals surface area contributed by atoms with E-state index in [1.165, 1.54) is 54.0 Å². The van der Waals surface area contributed by atoms with Gasteiger partial charge in [0.1, 0.15) is 0 Å². The molecule has 0 N–H and O–H groups in total. The Kier molecular flexibility index (Phi) is 8.20. The number of anilines is 6. The summed E-state index contributed by atoms with van der Waals surface area (Å²) >= 11 is 0. The molecule has 260 valence electrons. The van der Waals surface area contributed by atoms with E-state index in [-0.39, 0.29) is 0 Å². The van der Waals surface area contributed by atoms with E-state index in [4.69, 9.17) is 0 Å². The summed E-state index contributed by atoms with van der Waals surface area (Å²) in [5, 5.41) is 7.89. The van der Waals surface area contributed by atoms with Gasteiger partial charge in [-0.05, 0) is 91.9 Å². The Morgan fingerprint density at radius 3 is 1.60 bits per heavy atom. The fourth-order valence-electron chi connectivity index (χ4n) is 8.70. The summed E-state index contributed by atoms with van der Waals surface area (Å²) in [7, 11) is -2.91. The maximum atomic E-state index is 2.51. The lowest BCUT2D eigenvalue weighted by Crippen LogP contribution is -2.77. The van der Waals surface area contributed by atoms with Crippen LogP contribution < -0.4 is 30.5 Å². The summed E-state index contributed by atoms with van der Waals surface area (Å²) < 4.78 is 0. The monoisotopic (exact) mass is 718 g/mol. The Morgan fingerprint density at radius 2 is 0.891 bits per heavy atom. The first kappa shape index (κ1) is 32.7. The summed E-state index contributed by atoms with van der Waals surface area (Å²) in [6.07, 6.45) is 0. The molecule has 1 aliphatic heterocycles. The second-order valence-corrected chi connectivity index (χ2v) is 17.9. The van der Waals surface area contributed by atoms with Crippen LogP contribution in [0.1, 0.15) is 0 Å². The quantitative estimate of drug-likeness (QED) is 0.151. The summed E-state index contributed by atoms with van der Waals surface area (Å²) in [6, 6.07) is 84.7. The van der Waals surface area contributed by atoms with E-state index >= 15 is 0 Å². The van der Waals surface area contributed by atoms with E-state index in [0.717, 1.165) is 22.7 Å². The number of nitrogens with zero attached hydrogens (tertiary/aromatic N) is 2. The van der Waals surface area contributed by atoms with Crippen LogP contribution in [0.25, 0.3) is 21.9 Å². The highest BCUT2D eigenvalue weighted by atomic mass is 28.3. The van der Waals surface area contributed by atoms with E-state index in [1.54, 1.807) is 0 Å². The van der Waals surface area contributed by atoms with Crippen molar-refractivity contribution in [2.75, 3.05) is 9.80 Å². The molecule has 0 saturated heterocycles. The van der Waals surface area contributed by atoms with Gasteiger partial charge in [-0.2, -0.15) is 0 Å². The van der Waals surface area contributed by atoms with Crippen molar-refractivity contribution in [3.63, 3.8) is 0 Å². The third-order valence-corrected chi connectivity index (χ3v) is 15.9. The van der Waals surface area contributed by atoms with Crippen LogP contribution in [-0.2, 0) is 0 Å². The summed E-state index contributed by atoms with van der Waals surface area (Å²) in [5.74, 6) is 0. The van der Waals surface area contributed by atoms with Gasteiger partial charge in [-0.1, -0.05) is 176 Å². The third-order valence-electron chi connectivity index (χ3n) is 11.1. The van der Waals surface area contributed by atoms with Gasteiger partial charge in [-0.3, -0.25) is 0 Å². The van der Waals surface area contributed by atoms with Crippen LogP contribution in [0.3, 0.4) is 0 Å². The molecule has 10 rings (SSSR count). The highest BCUT2D eigenvalue weighted by Crippen LogP contribution is 2.43. The van der Waals surface area contributed by atoms with Gasteiger partial charge in [0.2, 0.25) is 0 Å². The molecule has 0 aromatic heterocycles. The van der Waals surface area contributed by atoms with Crippen LogP contribution in [0.4, 0.5) is 34.1 Å². The smallest absolute Gasteiger partial charge is 0.184 e. The lowest BCUT2D eigenvalue weighted by Gasteiger charge is -2.45. The molecule has 0 aliphatic carbocycles. The van der Waals surface area contributed by atoms with Crippen molar-refractivity contribution < 1.29 is 0 Å². The Labute approximate surface area is 323 Å². The minimum Gasteiger partial charge on any atom is -0.311 e. The van der Waals surface area contributed by atoms with Crippen LogP contribution in [0, 0.1) is 0 Å². The van der Waals surface area contributed by atoms with Crippen LogP contribution in [-0.4, -0.2) is 8.07 Å². The van der Waals surface area contributed by atoms with Crippen molar-refractivity contribution in [2.24, 2.45) is 0 Å². The second kappa shape index (κ2) is 13.8. The van der Waals surface area contributed by atoms with Gasteiger partial charge in [0.05, 0.1) is 5.69 Å². The van der Waals surface area contributed by atoms with E-state index in [2.05, 4.69) is 240 Å². The zero-order valence-corrected chi connectivity index (χ0v) is 31.3. The lowest BCUT2D eigenvalue weighted by atomic mass is 10.0. The summed E-state index contributed by atoms with van der Waals surface area (Å²) in [4.78, 5) is 4.93. The minimum atomic E-state index is -2.91. The van der Waals surface area contributed by atoms with Crippen LogP contribution in [0.5, 0.6) is 0 Å². The average molecular weight is 719 g/mol. The van der Waals surface area contributed by atoms with E-state index < -0.39 is 8.07 Å². The molecule has 0 atom stereocenters. The summed E-state index contributed by atoms with van der Waals surface area (Å²) in [5.41, 5.74) is 9.38. The molecule has 0 fully saturated rings. The zero-order chi connectivity index (χ0) is 36.6. The van der Waals surface area contributed by atoms with Crippen molar-refractivity contribution in [1.82, 2.24) is 0 Å². The van der Waals surface area contributed by atoms with Crippen molar-refractivity contribution in [3.05, 3.63) is 231 Å². The molecule has 3 heteroatoms. The van der Waals surface area contributed by atoms with Gasteiger partial charge in [0, 0.05) is 33.8 Å². The molecule has 0 bridgehead atoms. The van der Waals surface area contributed by atoms with Gasteiger partial charge in [0.15, 0.2) is 8.07 Å². The lowest BCUT2D eigenvalue weighted by molar-refractivity contribution is 1.27. The molecule has 0 spiro atoms. The molecule has 2 nitrogen and oxygen atoms in total. The minimum absolute atomic E-state index is 1.11. The number of hydrogen-bond acceptors (Lipinski definition) is 2. The fraction of sp³-hybridized carbons (Fsp3) is 0. The molecule has 9 aromatic rings. The largest absolute Gasteiger partial charge is 0.311 e. The maximum absolute atomic E-state index is 2.91. The molecule has 0 unspecified atom stereocenters. The molecule has 0 amide bonds. The molecule has 1 heterocycles. The number of fused-ring (bicyclic) bond motifs is 3. The van der Waals surface area contributed by atoms with E-state index in [0.29, 0.717) is 0 Å². The summed E-state index contributed by atoms with van der Waals surface area (Å²) in [6.45, 7) is 0. The first-order chi connectivity index (χ1) is 27.3. The SMILES string of the molecule is c1ccc(-c2ccc(N(c3ccc4c(c3)[Si](c3ccccc3)(c3ccccc3)c3ccccc3N4c3ccccc3)c3cccc4ccccc34)cc2)cc1. The number of rotatable bonds is 7. The first-order valence-corrected chi connectivity index (χ1v) is 20.9. The van der Waals surface area contributed by atoms with Crippen LogP contribution >= 0.6 is 0 Å². The Morgan fingerprint density at radius 1 is 0.364 bits per heavy atom. The predicted octanol–water partition coefficient (Wildman–Crippen LogP) is 11.1. The Balaban J connectivity index is 1.29. The van der Waals surface area contributed by atoms with Crippen molar-refractivity contribution >= 4 is 73.7 Å². The average Bonchev–Trinajstić information content (AvgIpc) is 3.27. The maximum Gasteiger partial charge on any atom is 0.184 e. The fourth-order valence-corrected chi connectivity index (χ4v) is 13.8. The zero-order valence-electron chi connectivity index (χ0n) is 30.3. The molecular formula is C52H38N2Si. The standard InChI is InChI=1S/C52H38N2Si/c1-5-18-39(19-6-1)40-32-34-43(35-33-40)53(48-30-17-21-41-20-13-14-28-47(41)48)44-36-37-50-52(38-44)55(45-24-9-3-10-25-45,46-26-11-4-12-27-46)51-31-16-15-29-49(51)54(50)42-22-7-2-8-23-42/h1-38H. The molecule has 0 radical (unpaired) electrons. The first-order valence-electron chi connectivity index (χ1n) is 18.9. The van der Waals surface area contributed by atoms with E-state index in [1.807, 2.05) is 0 Å². The molecule has 9 aromatic carbocycles. The molecule has 1 aliphatic rings. The van der Waals surface area contributed by atoms with Crippen LogP contribution in [0.2, 0.25) is 0 Å². The van der Waals surface area contributed by atoms with Gasteiger partial charge >= 0.3 is 0 Å². The Bertz CT molecular complexity index is 2700. The number of hydrogen-bond donors (Lipinski definition) is 0. The Hall–Kier alpha value is -6.94. The van der Waals surface area contributed by atoms with Crippen molar-refractivity contribution in [3.8, 4) is 11.1 Å². The topological polar surface area (TPSA) is 6.48 Å². The van der Waals surface area contributed by atoms with Crippen molar-refractivity contribution in [1.29, 1.82) is 0 Å². The van der Waals surface area contributed by atoms with Gasteiger partial charge in [-0.15, -0.1) is 0 Å². The van der Waals surface area contributed by atoms with Crippen LogP contribution in [0.15, 0.2) is 231 Å².